The summed E-state index contributed by atoms with van der Waals surface area (Å²) in [6, 6.07) is 95.7. The maximum absolute atomic E-state index is 7.10. The van der Waals surface area contributed by atoms with Crippen LogP contribution in [0.15, 0.2) is 294 Å². The van der Waals surface area contributed by atoms with Crippen molar-refractivity contribution in [2.75, 3.05) is 9.80 Å². The van der Waals surface area contributed by atoms with Gasteiger partial charge >= 0.3 is 0 Å². The van der Waals surface area contributed by atoms with Gasteiger partial charge in [-0.15, -0.1) is 0 Å². The topological polar surface area (TPSA) is 49.5 Å². The summed E-state index contributed by atoms with van der Waals surface area (Å²) >= 11 is 0. The van der Waals surface area contributed by atoms with Crippen LogP contribution in [0.5, 0.6) is 0 Å². The second-order valence-electron chi connectivity index (χ2n) is 20.5. The highest BCUT2D eigenvalue weighted by molar-refractivity contribution is 6.18. The first-order valence-electron chi connectivity index (χ1n) is 27.1. The fraction of sp³-hybridized carbons (Fsp3) is 0. The van der Waals surface area contributed by atoms with E-state index in [0.717, 1.165) is 111 Å². The van der Waals surface area contributed by atoms with Crippen LogP contribution in [0.4, 0.5) is 34.1 Å². The van der Waals surface area contributed by atoms with E-state index in [2.05, 4.69) is 286 Å². The Labute approximate surface area is 460 Å². The smallest absolute Gasteiger partial charge is 0.265 e. The molecule has 0 aliphatic rings. The summed E-state index contributed by atoms with van der Waals surface area (Å²) in [5, 5.41) is 12.6. The molecule has 16 aromatic rings. The minimum absolute atomic E-state index is 0.757. The Bertz CT molecular complexity index is 5080. The van der Waals surface area contributed by atoms with Gasteiger partial charge in [-0.05, 0) is 121 Å². The number of benzene rings is 12. The van der Waals surface area contributed by atoms with Crippen molar-refractivity contribution >= 4 is 121 Å². The predicted molar refractivity (Wildman–Crippen MR) is 331 cm³/mol. The summed E-state index contributed by atoms with van der Waals surface area (Å²) in [7, 11) is 0. The number of nitrogens with zero attached hydrogens (tertiary/aromatic N) is 4. The van der Waals surface area contributed by atoms with Crippen molar-refractivity contribution in [2.45, 2.75) is 0 Å². The van der Waals surface area contributed by atoms with Crippen LogP contribution in [-0.4, -0.2) is 4.98 Å². The lowest BCUT2D eigenvalue weighted by molar-refractivity contribution is -0.566. The molecule has 4 aromatic heterocycles. The lowest BCUT2D eigenvalue weighted by atomic mass is 9.98. The van der Waals surface area contributed by atoms with Gasteiger partial charge in [-0.2, -0.15) is 4.57 Å². The minimum atomic E-state index is 0.757. The molecule has 0 saturated heterocycles. The Hall–Kier alpha value is -10.8. The molecule has 0 amide bonds. The molecular weight excluding hydrogens is 977 g/mol. The van der Waals surface area contributed by atoms with Gasteiger partial charge in [0.1, 0.15) is 0 Å². The first-order valence-corrected chi connectivity index (χ1v) is 27.1. The highest BCUT2D eigenvalue weighted by atomic mass is 16.3. The van der Waals surface area contributed by atoms with Gasteiger partial charge in [0, 0.05) is 57.3 Å². The fourth-order valence-electron chi connectivity index (χ4n) is 12.3. The van der Waals surface area contributed by atoms with E-state index in [9.17, 15) is 0 Å². The number of hydrogen-bond donors (Lipinski definition) is 0. The molecule has 6 heteroatoms. The normalized spacial score (nSPS) is 11.8. The third-order valence-electron chi connectivity index (χ3n) is 16.0. The molecular formula is C74H47N4O2+. The Morgan fingerprint density at radius 2 is 0.800 bits per heavy atom. The van der Waals surface area contributed by atoms with Gasteiger partial charge in [0.2, 0.25) is 5.69 Å². The van der Waals surface area contributed by atoms with Gasteiger partial charge in [0.15, 0.2) is 28.5 Å². The molecule has 0 bridgehead atoms. The Morgan fingerprint density at radius 3 is 1.44 bits per heavy atom. The third-order valence-corrected chi connectivity index (χ3v) is 16.0. The van der Waals surface area contributed by atoms with Gasteiger partial charge in [-0.25, -0.2) is 0 Å². The summed E-state index contributed by atoms with van der Waals surface area (Å²) in [5.41, 5.74) is 15.8. The zero-order valence-electron chi connectivity index (χ0n) is 43.2. The largest absolute Gasteiger partial charge is 0.452 e. The number of anilines is 6. The second kappa shape index (κ2) is 18.4. The Morgan fingerprint density at radius 1 is 0.312 bits per heavy atom. The van der Waals surface area contributed by atoms with E-state index in [4.69, 9.17) is 8.83 Å². The number of rotatable bonds is 9. The SMILES string of the molecule is c1ccc(-c2ccc(N(c3cc4ccccc4c4ccccc34)c3cccc4c3oc3ccc[n+](-c5cccc(-c6ccc(N(c7cc8ccccc8c8ccccc78)c7cccc8c7oc7cnccc78)cc6)c5)c34)cc2)cc1. The van der Waals surface area contributed by atoms with Crippen LogP contribution in [-0.2, 0) is 0 Å². The molecule has 374 valence electrons. The molecule has 0 saturated carbocycles. The van der Waals surface area contributed by atoms with Gasteiger partial charge in [0.25, 0.3) is 5.52 Å². The van der Waals surface area contributed by atoms with Crippen molar-refractivity contribution in [3.63, 3.8) is 0 Å². The lowest BCUT2D eigenvalue weighted by Crippen LogP contribution is -2.30. The summed E-state index contributed by atoms with van der Waals surface area (Å²) in [6.07, 6.45) is 5.77. The van der Waals surface area contributed by atoms with Gasteiger partial charge in [-0.3, -0.25) is 4.98 Å². The first-order chi connectivity index (χ1) is 39.7. The molecule has 0 unspecified atom stereocenters. The molecule has 0 aliphatic heterocycles. The van der Waals surface area contributed by atoms with E-state index in [1.165, 1.54) is 37.9 Å². The highest BCUT2D eigenvalue weighted by Crippen LogP contribution is 2.48. The predicted octanol–water partition coefficient (Wildman–Crippen LogP) is 20.0. The monoisotopic (exact) mass is 1020 g/mol. The second-order valence-corrected chi connectivity index (χ2v) is 20.5. The zero-order chi connectivity index (χ0) is 52.7. The van der Waals surface area contributed by atoms with Crippen molar-refractivity contribution in [3.05, 3.63) is 286 Å². The molecule has 6 nitrogen and oxygen atoms in total. The van der Waals surface area contributed by atoms with Gasteiger partial charge < -0.3 is 18.6 Å². The van der Waals surface area contributed by atoms with Crippen LogP contribution < -0.4 is 14.4 Å². The molecule has 12 aromatic carbocycles. The minimum Gasteiger partial charge on any atom is -0.452 e. The molecule has 0 spiro atoms. The standard InChI is InChI=1S/C74H47N4O2/c1-2-16-48(17-3-1)49-33-37-54(38-34-49)78(69-46-53-19-5-7-23-58(53)60-25-9-11-27-62(60)69)67-31-14-29-65-72-70(79-74(65)67)32-15-43-76(72)56-21-12-20-51(44-56)50-35-39-55(40-36-50)77(66-30-13-28-64-63-41-42-75-47-71(63)80-73(64)66)68-45-52-18-4-6-22-57(52)59-24-8-10-26-61(59)68/h1-47H/q+1. The van der Waals surface area contributed by atoms with Crippen LogP contribution >= 0.6 is 0 Å². The Kier molecular flexibility index (Phi) is 10.5. The number of pyridine rings is 2. The van der Waals surface area contributed by atoms with Crippen LogP contribution in [0, 0.1) is 0 Å². The molecule has 0 atom stereocenters. The van der Waals surface area contributed by atoms with Crippen molar-refractivity contribution < 1.29 is 13.4 Å². The van der Waals surface area contributed by atoms with Gasteiger partial charge in [0.05, 0.1) is 34.3 Å². The average molecular weight is 1020 g/mol. The number of furan rings is 2. The molecule has 0 fully saturated rings. The van der Waals surface area contributed by atoms with E-state index in [1.54, 1.807) is 6.20 Å². The molecule has 16 rings (SSSR count). The average Bonchev–Trinajstić information content (AvgIpc) is 4.22. The van der Waals surface area contributed by atoms with Gasteiger partial charge in [-0.1, -0.05) is 182 Å². The summed E-state index contributed by atoms with van der Waals surface area (Å²) < 4.78 is 16.1. The van der Waals surface area contributed by atoms with E-state index < -0.39 is 0 Å². The van der Waals surface area contributed by atoms with E-state index >= 15 is 0 Å². The molecule has 80 heavy (non-hydrogen) atoms. The van der Waals surface area contributed by atoms with Crippen LogP contribution in [0.25, 0.3) is 115 Å². The maximum atomic E-state index is 7.10. The Balaban J connectivity index is 0.823. The quantitative estimate of drug-likeness (QED) is 0.107. The highest BCUT2D eigenvalue weighted by Gasteiger charge is 2.27. The molecule has 0 N–H and O–H groups in total. The van der Waals surface area contributed by atoms with E-state index in [-0.39, 0.29) is 0 Å². The van der Waals surface area contributed by atoms with E-state index in [0.29, 0.717) is 0 Å². The molecule has 4 heterocycles. The van der Waals surface area contributed by atoms with Crippen LogP contribution in [0.2, 0.25) is 0 Å². The summed E-state index contributed by atoms with van der Waals surface area (Å²) in [6.45, 7) is 0. The number of fused-ring (bicyclic) bond motifs is 12. The first kappa shape index (κ1) is 45.4. The maximum Gasteiger partial charge on any atom is 0.265 e. The molecule has 0 aliphatic carbocycles. The van der Waals surface area contributed by atoms with E-state index in [1.807, 2.05) is 12.3 Å². The lowest BCUT2D eigenvalue weighted by Gasteiger charge is -2.27. The third kappa shape index (κ3) is 7.34. The number of hydrogen-bond acceptors (Lipinski definition) is 5. The number of aromatic nitrogens is 2. The number of para-hydroxylation sites is 2. The van der Waals surface area contributed by atoms with Crippen LogP contribution in [0.1, 0.15) is 0 Å². The molecule has 0 radical (unpaired) electrons. The zero-order valence-corrected chi connectivity index (χ0v) is 43.2. The van der Waals surface area contributed by atoms with Crippen molar-refractivity contribution in [2.24, 2.45) is 0 Å². The van der Waals surface area contributed by atoms with Crippen LogP contribution in [0.3, 0.4) is 0 Å². The summed E-state index contributed by atoms with van der Waals surface area (Å²) in [5.74, 6) is 0. The van der Waals surface area contributed by atoms with Crippen molar-refractivity contribution in [1.82, 2.24) is 4.98 Å². The van der Waals surface area contributed by atoms with Crippen molar-refractivity contribution in [1.29, 1.82) is 0 Å². The summed E-state index contributed by atoms with van der Waals surface area (Å²) in [4.78, 5) is 9.13. The fourth-order valence-corrected chi connectivity index (χ4v) is 12.3. The van der Waals surface area contributed by atoms with Crippen molar-refractivity contribution in [3.8, 4) is 27.9 Å².